The zero-order valence-corrected chi connectivity index (χ0v) is 18.6. The third-order valence-corrected chi connectivity index (χ3v) is 5.33. The molecule has 0 bridgehead atoms. The molecule has 0 saturated heterocycles. The van der Waals surface area contributed by atoms with Crippen LogP contribution in [0.15, 0.2) is 67.1 Å². The largest absolute Gasteiger partial charge is 0.478 e. The topological polar surface area (TPSA) is 135 Å². The molecular formula is C24H23N7O3. The molecule has 2 aromatic heterocycles. The van der Waals surface area contributed by atoms with Crippen LogP contribution in [-0.4, -0.2) is 41.7 Å². The van der Waals surface area contributed by atoms with Crippen molar-refractivity contribution in [2.24, 2.45) is 7.05 Å². The molecule has 3 N–H and O–H groups in total. The molecule has 0 fully saturated rings. The first kappa shape index (κ1) is 22.6. The molecular weight excluding hydrogens is 434 g/mol. The summed E-state index contributed by atoms with van der Waals surface area (Å²) in [7, 11) is 1.86. The van der Waals surface area contributed by atoms with Crippen LogP contribution in [0, 0.1) is 0 Å². The summed E-state index contributed by atoms with van der Waals surface area (Å²) in [5, 5.41) is 23.8. The maximum Gasteiger partial charge on any atom is 0.335 e. The molecule has 0 aliphatic carbocycles. The van der Waals surface area contributed by atoms with E-state index in [4.69, 9.17) is 0 Å². The molecule has 172 valence electrons. The van der Waals surface area contributed by atoms with Gasteiger partial charge in [-0.3, -0.25) is 4.79 Å². The zero-order chi connectivity index (χ0) is 24.1. The van der Waals surface area contributed by atoms with E-state index in [-0.39, 0.29) is 17.5 Å². The Hall–Kier alpha value is -4.60. The number of aromatic nitrogens is 5. The van der Waals surface area contributed by atoms with Gasteiger partial charge in [0.15, 0.2) is 11.6 Å². The quantitative estimate of drug-likeness (QED) is 0.367. The minimum atomic E-state index is -1.01. The smallest absolute Gasteiger partial charge is 0.335 e. The number of carbonyl (C=O) groups is 2. The highest BCUT2D eigenvalue weighted by Gasteiger charge is 2.15. The first-order valence-electron chi connectivity index (χ1n) is 10.5. The molecule has 0 unspecified atom stereocenters. The number of carboxylic acid groups (broad SMARTS) is 1. The highest BCUT2D eigenvalue weighted by atomic mass is 16.4. The van der Waals surface area contributed by atoms with E-state index in [9.17, 15) is 14.7 Å². The molecule has 0 aliphatic rings. The molecule has 4 rings (SSSR count). The van der Waals surface area contributed by atoms with Gasteiger partial charge in [0.1, 0.15) is 12.0 Å². The predicted octanol–water partition coefficient (Wildman–Crippen LogP) is 3.07. The van der Waals surface area contributed by atoms with Crippen LogP contribution in [0.2, 0.25) is 0 Å². The standard InChI is InChI=1S/C24H23N7O3/c1-15(16-5-3-7-18(11-16)24(33)34)28-23(32)17-6-4-8-19(12-17)26-13-21-29-30-22(31(21)2)20-9-10-25-14-27-20/h3-12,14-15,26H,13H2,1-2H3,(H,28,32)(H,33,34)/t15-/m1/s1. The average molecular weight is 457 g/mol. The van der Waals surface area contributed by atoms with E-state index in [1.165, 1.54) is 12.4 Å². The second kappa shape index (κ2) is 9.90. The lowest BCUT2D eigenvalue weighted by atomic mass is 10.0. The van der Waals surface area contributed by atoms with E-state index in [1.54, 1.807) is 48.7 Å². The average Bonchev–Trinajstić information content (AvgIpc) is 3.23. The van der Waals surface area contributed by atoms with E-state index < -0.39 is 5.97 Å². The third kappa shape index (κ3) is 5.07. The number of anilines is 1. The van der Waals surface area contributed by atoms with Crippen molar-refractivity contribution in [3.8, 4) is 11.5 Å². The maximum absolute atomic E-state index is 12.8. The summed E-state index contributed by atoms with van der Waals surface area (Å²) in [6.45, 7) is 2.21. The van der Waals surface area contributed by atoms with Crippen LogP contribution < -0.4 is 10.6 Å². The van der Waals surface area contributed by atoms with E-state index in [0.717, 1.165) is 5.69 Å². The van der Waals surface area contributed by atoms with Gasteiger partial charge in [0.2, 0.25) is 0 Å². The van der Waals surface area contributed by atoms with Crippen LogP contribution in [0.5, 0.6) is 0 Å². The molecule has 2 heterocycles. The van der Waals surface area contributed by atoms with Crippen LogP contribution >= 0.6 is 0 Å². The molecule has 10 heteroatoms. The summed E-state index contributed by atoms with van der Waals surface area (Å²) < 4.78 is 1.85. The Morgan fingerprint density at radius 2 is 1.85 bits per heavy atom. The lowest BCUT2D eigenvalue weighted by Crippen LogP contribution is -2.26. The predicted molar refractivity (Wildman–Crippen MR) is 125 cm³/mol. The van der Waals surface area contributed by atoms with Crippen molar-refractivity contribution in [1.82, 2.24) is 30.0 Å². The fraction of sp³-hybridized carbons (Fsp3) is 0.167. The minimum absolute atomic E-state index is 0.177. The summed E-state index contributed by atoms with van der Waals surface area (Å²) >= 11 is 0. The maximum atomic E-state index is 12.8. The van der Waals surface area contributed by atoms with Crippen molar-refractivity contribution in [3.05, 3.63) is 89.6 Å². The summed E-state index contributed by atoms with van der Waals surface area (Å²) in [4.78, 5) is 32.1. The van der Waals surface area contributed by atoms with Crippen molar-refractivity contribution in [2.75, 3.05) is 5.32 Å². The Labute approximate surface area is 195 Å². The fourth-order valence-corrected chi connectivity index (χ4v) is 3.42. The Balaban J connectivity index is 1.41. The Morgan fingerprint density at radius 1 is 1.06 bits per heavy atom. The number of carbonyl (C=O) groups excluding carboxylic acids is 1. The van der Waals surface area contributed by atoms with Crippen molar-refractivity contribution >= 4 is 17.6 Å². The highest BCUT2D eigenvalue weighted by molar-refractivity contribution is 5.95. The SMILES string of the molecule is C[C@@H](NC(=O)c1cccc(NCc2nnc(-c3ccncn3)n2C)c1)c1cccc(C(=O)O)c1. The summed E-state index contributed by atoms with van der Waals surface area (Å²) in [5.74, 6) is 0.0662. The third-order valence-electron chi connectivity index (χ3n) is 5.33. The van der Waals surface area contributed by atoms with Gasteiger partial charge in [0.25, 0.3) is 5.91 Å². The van der Waals surface area contributed by atoms with E-state index in [0.29, 0.717) is 35.0 Å². The highest BCUT2D eigenvalue weighted by Crippen LogP contribution is 2.18. The number of aromatic carboxylic acids is 1. The first-order valence-corrected chi connectivity index (χ1v) is 10.5. The number of carboxylic acids is 1. The zero-order valence-electron chi connectivity index (χ0n) is 18.6. The van der Waals surface area contributed by atoms with Crippen molar-refractivity contribution < 1.29 is 14.7 Å². The first-order chi connectivity index (χ1) is 16.4. The Morgan fingerprint density at radius 3 is 2.62 bits per heavy atom. The number of amides is 1. The number of hydrogen-bond acceptors (Lipinski definition) is 7. The van der Waals surface area contributed by atoms with Crippen LogP contribution in [0.3, 0.4) is 0 Å². The molecule has 1 amide bonds. The normalized spacial score (nSPS) is 11.6. The number of hydrogen-bond donors (Lipinski definition) is 3. The van der Waals surface area contributed by atoms with Gasteiger partial charge in [0.05, 0.1) is 18.2 Å². The van der Waals surface area contributed by atoms with Gasteiger partial charge in [-0.2, -0.15) is 0 Å². The number of nitrogens with zero attached hydrogens (tertiary/aromatic N) is 5. The molecule has 34 heavy (non-hydrogen) atoms. The summed E-state index contributed by atoms with van der Waals surface area (Å²) in [6.07, 6.45) is 3.11. The van der Waals surface area contributed by atoms with Gasteiger partial charge in [-0.1, -0.05) is 18.2 Å². The molecule has 4 aromatic rings. The molecule has 0 radical (unpaired) electrons. The van der Waals surface area contributed by atoms with E-state index in [2.05, 4.69) is 30.8 Å². The van der Waals surface area contributed by atoms with Crippen LogP contribution in [0.1, 0.15) is 45.1 Å². The lowest BCUT2D eigenvalue weighted by Gasteiger charge is -2.15. The monoisotopic (exact) mass is 457 g/mol. The Bertz CT molecular complexity index is 1320. The second-order valence-corrected chi connectivity index (χ2v) is 7.65. The van der Waals surface area contributed by atoms with Gasteiger partial charge in [-0.05, 0) is 48.9 Å². The van der Waals surface area contributed by atoms with E-state index >= 15 is 0 Å². The van der Waals surface area contributed by atoms with E-state index in [1.807, 2.05) is 24.6 Å². The second-order valence-electron chi connectivity index (χ2n) is 7.65. The van der Waals surface area contributed by atoms with Gasteiger partial charge < -0.3 is 20.3 Å². The molecule has 10 nitrogen and oxygen atoms in total. The van der Waals surface area contributed by atoms with Crippen molar-refractivity contribution in [1.29, 1.82) is 0 Å². The number of nitrogens with one attached hydrogen (secondary N) is 2. The number of benzene rings is 2. The van der Waals surface area contributed by atoms with Crippen LogP contribution in [0.4, 0.5) is 5.69 Å². The van der Waals surface area contributed by atoms with Crippen LogP contribution in [0.25, 0.3) is 11.5 Å². The lowest BCUT2D eigenvalue weighted by molar-refractivity contribution is 0.0696. The summed E-state index contributed by atoms with van der Waals surface area (Å²) in [5.41, 5.74) is 2.80. The molecule has 2 aromatic carbocycles. The Kier molecular flexibility index (Phi) is 6.58. The van der Waals surface area contributed by atoms with Crippen molar-refractivity contribution in [2.45, 2.75) is 19.5 Å². The number of rotatable bonds is 8. The van der Waals surface area contributed by atoms with Gasteiger partial charge >= 0.3 is 5.97 Å². The molecule has 0 spiro atoms. The van der Waals surface area contributed by atoms with Crippen LogP contribution in [-0.2, 0) is 13.6 Å². The van der Waals surface area contributed by atoms with Gasteiger partial charge in [0, 0.05) is 24.5 Å². The summed E-state index contributed by atoms with van der Waals surface area (Å²) in [6, 6.07) is 15.0. The minimum Gasteiger partial charge on any atom is -0.478 e. The fourth-order valence-electron chi connectivity index (χ4n) is 3.42. The van der Waals surface area contributed by atoms with Gasteiger partial charge in [-0.15, -0.1) is 10.2 Å². The molecule has 0 saturated carbocycles. The van der Waals surface area contributed by atoms with Crippen molar-refractivity contribution in [3.63, 3.8) is 0 Å². The van der Waals surface area contributed by atoms with Gasteiger partial charge in [-0.25, -0.2) is 14.8 Å². The molecule has 0 aliphatic heterocycles. The molecule has 1 atom stereocenters.